The summed E-state index contributed by atoms with van der Waals surface area (Å²) in [7, 11) is 0. The highest BCUT2D eigenvalue weighted by Crippen LogP contribution is 2.35. The van der Waals surface area contributed by atoms with Crippen molar-refractivity contribution in [3.8, 4) is 0 Å². The molecule has 2 rings (SSSR count). The van der Waals surface area contributed by atoms with Gasteiger partial charge in [0, 0.05) is 11.6 Å². The summed E-state index contributed by atoms with van der Waals surface area (Å²) >= 11 is 0. The highest BCUT2D eigenvalue weighted by atomic mass is 19.1. The number of halogens is 1. The van der Waals surface area contributed by atoms with E-state index in [0.717, 1.165) is 24.1 Å². The van der Waals surface area contributed by atoms with E-state index in [9.17, 15) is 4.39 Å². The SMILES string of the molecule is CCCNC(c1cccc(C)c1F)C1CCCCCC1. The minimum Gasteiger partial charge on any atom is -0.310 e. The van der Waals surface area contributed by atoms with Crippen molar-refractivity contribution >= 4 is 0 Å². The highest BCUT2D eigenvalue weighted by Gasteiger charge is 2.26. The predicted molar refractivity (Wildman–Crippen MR) is 83.4 cm³/mol. The van der Waals surface area contributed by atoms with Gasteiger partial charge in [-0.3, -0.25) is 0 Å². The molecule has 0 aromatic heterocycles. The molecule has 1 fully saturated rings. The molecular formula is C18H28FN. The molecule has 0 amide bonds. The first kappa shape index (κ1) is 15.5. The Morgan fingerprint density at radius 1 is 1.20 bits per heavy atom. The molecule has 1 saturated carbocycles. The topological polar surface area (TPSA) is 12.0 Å². The molecule has 2 heteroatoms. The number of hydrogen-bond acceptors (Lipinski definition) is 1. The third-order valence-electron chi connectivity index (χ3n) is 4.54. The number of aryl methyl sites for hydroxylation is 1. The van der Waals surface area contributed by atoms with Crippen molar-refractivity contribution in [3.63, 3.8) is 0 Å². The summed E-state index contributed by atoms with van der Waals surface area (Å²) < 4.78 is 14.5. The molecule has 0 spiro atoms. The smallest absolute Gasteiger partial charge is 0.130 e. The van der Waals surface area contributed by atoms with Crippen LogP contribution < -0.4 is 5.32 Å². The van der Waals surface area contributed by atoms with Gasteiger partial charge in [-0.05, 0) is 44.2 Å². The monoisotopic (exact) mass is 277 g/mol. The van der Waals surface area contributed by atoms with Crippen LogP contribution >= 0.6 is 0 Å². The van der Waals surface area contributed by atoms with Crippen molar-refractivity contribution < 1.29 is 4.39 Å². The lowest BCUT2D eigenvalue weighted by Crippen LogP contribution is -2.30. The van der Waals surface area contributed by atoms with E-state index in [1.54, 1.807) is 0 Å². The van der Waals surface area contributed by atoms with Crippen LogP contribution in [0.1, 0.15) is 69.0 Å². The van der Waals surface area contributed by atoms with E-state index >= 15 is 0 Å². The standard InChI is InChI=1S/C18H28FN/c1-3-13-20-18(15-10-6-4-5-7-11-15)16-12-8-9-14(2)17(16)19/h8-9,12,15,18,20H,3-7,10-11,13H2,1-2H3. The number of hydrogen-bond donors (Lipinski definition) is 1. The van der Waals surface area contributed by atoms with E-state index in [1.807, 2.05) is 25.1 Å². The molecule has 1 unspecified atom stereocenters. The van der Waals surface area contributed by atoms with Gasteiger partial charge in [0.15, 0.2) is 0 Å². The van der Waals surface area contributed by atoms with E-state index in [2.05, 4.69) is 12.2 Å². The first-order valence-corrected chi connectivity index (χ1v) is 8.22. The summed E-state index contributed by atoms with van der Waals surface area (Å²) in [4.78, 5) is 0. The van der Waals surface area contributed by atoms with Crippen LogP contribution in [0.4, 0.5) is 4.39 Å². The maximum Gasteiger partial charge on any atom is 0.130 e. The minimum absolute atomic E-state index is 0.00894. The minimum atomic E-state index is -0.00894. The second kappa shape index (κ2) is 7.78. The van der Waals surface area contributed by atoms with E-state index in [0.29, 0.717) is 5.92 Å². The van der Waals surface area contributed by atoms with Gasteiger partial charge in [0.2, 0.25) is 0 Å². The average molecular weight is 277 g/mol. The summed E-state index contributed by atoms with van der Waals surface area (Å²) in [6.07, 6.45) is 8.82. The van der Waals surface area contributed by atoms with Crippen molar-refractivity contribution in [3.05, 3.63) is 35.1 Å². The summed E-state index contributed by atoms with van der Waals surface area (Å²) in [5.74, 6) is 0.575. The van der Waals surface area contributed by atoms with Crippen LogP contribution in [0.3, 0.4) is 0 Å². The van der Waals surface area contributed by atoms with Crippen LogP contribution in [0.5, 0.6) is 0 Å². The molecule has 112 valence electrons. The lowest BCUT2D eigenvalue weighted by Gasteiger charge is -2.28. The highest BCUT2D eigenvalue weighted by molar-refractivity contribution is 5.28. The fourth-order valence-electron chi connectivity index (χ4n) is 3.38. The van der Waals surface area contributed by atoms with Gasteiger partial charge in [-0.2, -0.15) is 0 Å². The maximum atomic E-state index is 14.5. The van der Waals surface area contributed by atoms with Gasteiger partial charge in [0.1, 0.15) is 5.82 Å². The van der Waals surface area contributed by atoms with Crippen molar-refractivity contribution in [1.29, 1.82) is 0 Å². The third kappa shape index (κ3) is 3.82. The van der Waals surface area contributed by atoms with Crippen LogP contribution in [0, 0.1) is 18.7 Å². The third-order valence-corrected chi connectivity index (χ3v) is 4.54. The maximum absolute atomic E-state index is 14.5. The van der Waals surface area contributed by atoms with Crippen molar-refractivity contribution in [1.82, 2.24) is 5.32 Å². The summed E-state index contributed by atoms with van der Waals surface area (Å²) in [6.45, 7) is 5.00. The Labute approximate surface area is 123 Å². The molecule has 1 N–H and O–H groups in total. The quantitative estimate of drug-likeness (QED) is 0.734. The van der Waals surface area contributed by atoms with Crippen LogP contribution in [0.15, 0.2) is 18.2 Å². The van der Waals surface area contributed by atoms with E-state index in [-0.39, 0.29) is 11.9 Å². The van der Waals surface area contributed by atoms with E-state index in [1.165, 1.54) is 38.5 Å². The first-order chi connectivity index (χ1) is 9.74. The van der Waals surface area contributed by atoms with Crippen LogP contribution in [-0.2, 0) is 0 Å². The van der Waals surface area contributed by atoms with Gasteiger partial charge in [0.25, 0.3) is 0 Å². The molecule has 1 aromatic rings. The molecule has 20 heavy (non-hydrogen) atoms. The van der Waals surface area contributed by atoms with Gasteiger partial charge in [0.05, 0.1) is 0 Å². The van der Waals surface area contributed by atoms with Crippen LogP contribution in [0.25, 0.3) is 0 Å². The van der Waals surface area contributed by atoms with Gasteiger partial charge in [-0.1, -0.05) is 50.8 Å². The lowest BCUT2D eigenvalue weighted by molar-refractivity contribution is 0.318. The molecule has 1 atom stereocenters. The molecule has 0 aliphatic heterocycles. The first-order valence-electron chi connectivity index (χ1n) is 8.22. The zero-order valence-corrected chi connectivity index (χ0v) is 12.9. The van der Waals surface area contributed by atoms with Crippen LogP contribution in [0.2, 0.25) is 0 Å². The summed E-state index contributed by atoms with van der Waals surface area (Å²) in [6, 6.07) is 6.02. The molecule has 0 heterocycles. The second-order valence-corrected chi connectivity index (χ2v) is 6.16. The van der Waals surface area contributed by atoms with Gasteiger partial charge in [-0.25, -0.2) is 4.39 Å². The molecule has 0 bridgehead atoms. The molecule has 1 aromatic carbocycles. The Bertz CT molecular complexity index is 408. The number of benzene rings is 1. The average Bonchev–Trinajstić information content (AvgIpc) is 2.73. The Morgan fingerprint density at radius 2 is 1.90 bits per heavy atom. The van der Waals surface area contributed by atoms with E-state index < -0.39 is 0 Å². The van der Waals surface area contributed by atoms with Gasteiger partial charge < -0.3 is 5.32 Å². The Hall–Kier alpha value is -0.890. The molecule has 0 radical (unpaired) electrons. The predicted octanol–water partition coefficient (Wildman–Crippen LogP) is 5.15. The van der Waals surface area contributed by atoms with Gasteiger partial charge in [-0.15, -0.1) is 0 Å². The summed E-state index contributed by atoms with van der Waals surface area (Å²) in [5.41, 5.74) is 1.64. The Kier molecular flexibility index (Phi) is 6.03. The van der Waals surface area contributed by atoms with Crippen LogP contribution in [-0.4, -0.2) is 6.54 Å². The van der Waals surface area contributed by atoms with Gasteiger partial charge >= 0.3 is 0 Å². The fourth-order valence-corrected chi connectivity index (χ4v) is 3.38. The van der Waals surface area contributed by atoms with Crippen molar-refractivity contribution in [2.24, 2.45) is 5.92 Å². The Morgan fingerprint density at radius 3 is 2.55 bits per heavy atom. The molecular weight excluding hydrogens is 249 g/mol. The molecule has 0 saturated heterocycles. The fraction of sp³-hybridized carbons (Fsp3) is 0.667. The zero-order valence-electron chi connectivity index (χ0n) is 12.9. The number of nitrogens with one attached hydrogen (secondary N) is 1. The summed E-state index contributed by atoms with van der Waals surface area (Å²) in [5, 5.41) is 3.61. The van der Waals surface area contributed by atoms with Crippen molar-refractivity contribution in [2.75, 3.05) is 6.54 Å². The largest absolute Gasteiger partial charge is 0.310 e. The molecule has 1 aliphatic rings. The Balaban J connectivity index is 2.23. The molecule has 1 nitrogen and oxygen atoms in total. The van der Waals surface area contributed by atoms with Crippen molar-refractivity contribution in [2.45, 2.75) is 64.8 Å². The zero-order chi connectivity index (χ0) is 14.4. The van der Waals surface area contributed by atoms with E-state index in [4.69, 9.17) is 0 Å². The normalized spacial score (nSPS) is 18.8. The number of rotatable bonds is 5. The molecule has 1 aliphatic carbocycles. The second-order valence-electron chi connectivity index (χ2n) is 6.16. The lowest BCUT2D eigenvalue weighted by atomic mass is 9.86.